The molecule has 0 saturated carbocycles. The van der Waals surface area contributed by atoms with Crippen LogP contribution in [0.5, 0.6) is 5.75 Å². The van der Waals surface area contributed by atoms with Gasteiger partial charge in [-0.1, -0.05) is 12.1 Å². The number of hydrogen-bond acceptors (Lipinski definition) is 2. The maximum atomic E-state index is 9.38. The van der Waals surface area contributed by atoms with Crippen LogP contribution in [0.3, 0.4) is 0 Å². The molecule has 0 heterocycles. The fourth-order valence-electron chi connectivity index (χ4n) is 1.04. The van der Waals surface area contributed by atoms with Crippen molar-refractivity contribution in [3.63, 3.8) is 0 Å². The van der Waals surface area contributed by atoms with Gasteiger partial charge in [-0.15, -0.1) is 0 Å². The first-order valence-corrected chi connectivity index (χ1v) is 3.66. The van der Waals surface area contributed by atoms with Crippen molar-refractivity contribution in [3.8, 4) is 5.75 Å². The van der Waals surface area contributed by atoms with Crippen molar-refractivity contribution in [3.05, 3.63) is 29.3 Å². The maximum Gasteiger partial charge on any atom is 0.120 e. The molecule has 2 nitrogen and oxygen atoms in total. The lowest BCUT2D eigenvalue weighted by atomic mass is 10.1. The van der Waals surface area contributed by atoms with Gasteiger partial charge in [0, 0.05) is 11.6 Å². The highest BCUT2D eigenvalue weighted by Crippen LogP contribution is 2.22. The molecule has 2 heteroatoms. The summed E-state index contributed by atoms with van der Waals surface area (Å²) in [5, 5.41) is 9.38. The number of phenols is 1. The average Bonchev–Trinajstić information content (AvgIpc) is 1.85. The number of hydrogen-bond donors (Lipinski definition) is 2. The van der Waals surface area contributed by atoms with E-state index in [1.54, 1.807) is 6.07 Å². The third-order valence-electron chi connectivity index (χ3n) is 1.68. The summed E-state index contributed by atoms with van der Waals surface area (Å²) in [6.45, 7) is 3.79. The highest BCUT2D eigenvalue weighted by Gasteiger charge is 2.04. The lowest BCUT2D eigenvalue weighted by Gasteiger charge is -2.07. The summed E-state index contributed by atoms with van der Waals surface area (Å²) in [6, 6.07) is 5.42. The van der Waals surface area contributed by atoms with Gasteiger partial charge < -0.3 is 10.8 Å². The number of nitrogens with two attached hydrogens (primary N) is 1. The van der Waals surface area contributed by atoms with Crippen LogP contribution in [0.1, 0.15) is 24.1 Å². The number of phenolic OH excluding ortho intramolecular Hbond substituents is 1. The first-order valence-electron chi connectivity index (χ1n) is 3.66. The third kappa shape index (κ3) is 1.71. The molecule has 1 rings (SSSR count). The molecule has 1 atom stereocenters. The summed E-state index contributed by atoms with van der Waals surface area (Å²) in [5.74, 6) is 0.292. The Balaban J connectivity index is 3.09. The largest absolute Gasteiger partial charge is 0.508 e. The van der Waals surface area contributed by atoms with Crippen molar-refractivity contribution in [1.29, 1.82) is 0 Å². The monoisotopic (exact) mass is 151 g/mol. The van der Waals surface area contributed by atoms with E-state index in [4.69, 9.17) is 5.73 Å². The van der Waals surface area contributed by atoms with Crippen LogP contribution >= 0.6 is 0 Å². The topological polar surface area (TPSA) is 46.2 Å². The number of rotatable bonds is 1. The van der Waals surface area contributed by atoms with Crippen LogP contribution in [-0.4, -0.2) is 5.11 Å². The summed E-state index contributed by atoms with van der Waals surface area (Å²) in [5.41, 5.74) is 7.45. The fourth-order valence-corrected chi connectivity index (χ4v) is 1.04. The van der Waals surface area contributed by atoms with Gasteiger partial charge in [-0.05, 0) is 25.5 Å². The SMILES string of the molecule is Cc1ccc(C(C)N)c(O)c1. The van der Waals surface area contributed by atoms with Gasteiger partial charge in [0.25, 0.3) is 0 Å². The third-order valence-corrected chi connectivity index (χ3v) is 1.68. The van der Waals surface area contributed by atoms with E-state index in [9.17, 15) is 5.11 Å². The lowest BCUT2D eigenvalue weighted by Crippen LogP contribution is -2.04. The zero-order valence-electron chi connectivity index (χ0n) is 6.83. The molecule has 0 bridgehead atoms. The van der Waals surface area contributed by atoms with Crippen LogP contribution in [0.2, 0.25) is 0 Å². The van der Waals surface area contributed by atoms with Crippen molar-refractivity contribution >= 4 is 0 Å². The highest BCUT2D eigenvalue weighted by molar-refractivity contribution is 5.37. The second-order valence-corrected chi connectivity index (χ2v) is 2.85. The molecule has 0 spiro atoms. The predicted molar refractivity (Wildman–Crippen MR) is 45.4 cm³/mol. The molecule has 60 valence electrons. The number of aromatic hydroxyl groups is 1. The smallest absolute Gasteiger partial charge is 0.120 e. The molecule has 0 radical (unpaired) electrons. The van der Waals surface area contributed by atoms with E-state index in [1.165, 1.54) is 0 Å². The predicted octanol–water partition coefficient (Wildman–Crippen LogP) is 1.72. The van der Waals surface area contributed by atoms with Crippen molar-refractivity contribution in [2.24, 2.45) is 5.73 Å². The fraction of sp³-hybridized carbons (Fsp3) is 0.333. The molecule has 1 aromatic carbocycles. The molecule has 1 unspecified atom stereocenters. The van der Waals surface area contributed by atoms with Gasteiger partial charge in [0.2, 0.25) is 0 Å². The quantitative estimate of drug-likeness (QED) is 0.642. The minimum absolute atomic E-state index is 0.101. The van der Waals surface area contributed by atoms with Crippen LogP contribution in [0, 0.1) is 6.92 Å². The molecule has 0 fully saturated rings. The van der Waals surface area contributed by atoms with Gasteiger partial charge in [-0.25, -0.2) is 0 Å². The Hall–Kier alpha value is -1.02. The standard InChI is InChI=1S/C9H13NO/c1-6-3-4-8(7(2)10)9(11)5-6/h3-5,7,11H,10H2,1-2H3. The summed E-state index contributed by atoms with van der Waals surface area (Å²) in [4.78, 5) is 0. The number of aryl methyl sites for hydroxylation is 1. The Morgan fingerprint density at radius 1 is 1.45 bits per heavy atom. The van der Waals surface area contributed by atoms with Crippen molar-refractivity contribution in [2.75, 3.05) is 0 Å². The Kier molecular flexibility index (Phi) is 2.15. The van der Waals surface area contributed by atoms with Gasteiger partial charge in [-0.2, -0.15) is 0 Å². The molecular formula is C9H13NO. The van der Waals surface area contributed by atoms with Crippen LogP contribution in [-0.2, 0) is 0 Å². The highest BCUT2D eigenvalue weighted by atomic mass is 16.3. The first-order chi connectivity index (χ1) is 5.11. The second kappa shape index (κ2) is 2.93. The molecule has 1 aromatic rings. The van der Waals surface area contributed by atoms with E-state index in [-0.39, 0.29) is 6.04 Å². The minimum Gasteiger partial charge on any atom is -0.508 e. The lowest BCUT2D eigenvalue weighted by molar-refractivity contribution is 0.463. The number of benzene rings is 1. The normalized spacial score (nSPS) is 13.0. The van der Waals surface area contributed by atoms with E-state index >= 15 is 0 Å². The zero-order chi connectivity index (χ0) is 8.43. The van der Waals surface area contributed by atoms with Gasteiger partial charge in [0.1, 0.15) is 5.75 Å². The van der Waals surface area contributed by atoms with E-state index < -0.39 is 0 Å². The summed E-state index contributed by atoms with van der Waals surface area (Å²) < 4.78 is 0. The van der Waals surface area contributed by atoms with Crippen molar-refractivity contribution in [1.82, 2.24) is 0 Å². The van der Waals surface area contributed by atoms with E-state index in [0.29, 0.717) is 5.75 Å². The summed E-state index contributed by atoms with van der Waals surface area (Å²) in [6.07, 6.45) is 0. The van der Waals surface area contributed by atoms with Crippen molar-refractivity contribution < 1.29 is 5.11 Å². The molecule has 0 aliphatic rings. The van der Waals surface area contributed by atoms with Gasteiger partial charge in [0.05, 0.1) is 0 Å². The van der Waals surface area contributed by atoms with Crippen molar-refractivity contribution in [2.45, 2.75) is 19.9 Å². The second-order valence-electron chi connectivity index (χ2n) is 2.85. The van der Waals surface area contributed by atoms with E-state index in [2.05, 4.69) is 0 Å². The Labute approximate surface area is 66.7 Å². The van der Waals surface area contributed by atoms with Crippen LogP contribution < -0.4 is 5.73 Å². The molecule has 11 heavy (non-hydrogen) atoms. The molecular weight excluding hydrogens is 138 g/mol. The Morgan fingerprint density at radius 3 is 2.55 bits per heavy atom. The Morgan fingerprint density at radius 2 is 2.09 bits per heavy atom. The van der Waals surface area contributed by atoms with E-state index in [1.807, 2.05) is 26.0 Å². The first kappa shape index (κ1) is 8.08. The van der Waals surface area contributed by atoms with Crippen LogP contribution in [0.25, 0.3) is 0 Å². The summed E-state index contributed by atoms with van der Waals surface area (Å²) >= 11 is 0. The molecule has 0 amide bonds. The molecule has 0 saturated heterocycles. The Bertz CT molecular complexity index is 256. The molecule has 0 aliphatic heterocycles. The zero-order valence-corrected chi connectivity index (χ0v) is 6.83. The molecule has 3 N–H and O–H groups in total. The van der Waals surface area contributed by atoms with E-state index in [0.717, 1.165) is 11.1 Å². The van der Waals surface area contributed by atoms with Crippen LogP contribution in [0.4, 0.5) is 0 Å². The van der Waals surface area contributed by atoms with Crippen LogP contribution in [0.15, 0.2) is 18.2 Å². The molecule has 0 aliphatic carbocycles. The minimum atomic E-state index is -0.101. The van der Waals surface area contributed by atoms with Gasteiger partial charge in [-0.3, -0.25) is 0 Å². The summed E-state index contributed by atoms with van der Waals surface area (Å²) in [7, 11) is 0. The average molecular weight is 151 g/mol. The molecule has 0 aromatic heterocycles. The van der Waals surface area contributed by atoms with Gasteiger partial charge in [0.15, 0.2) is 0 Å². The van der Waals surface area contributed by atoms with Gasteiger partial charge >= 0.3 is 0 Å². The maximum absolute atomic E-state index is 9.38.